The normalized spacial score (nSPS) is 0. The summed E-state index contributed by atoms with van der Waals surface area (Å²) in [5.41, 5.74) is 0. The van der Waals surface area contributed by atoms with Crippen molar-refractivity contribution in [1.29, 1.82) is 0 Å². The summed E-state index contributed by atoms with van der Waals surface area (Å²) in [4.78, 5) is 0. The molecule has 0 atom stereocenters. The van der Waals surface area contributed by atoms with Crippen molar-refractivity contribution in [1.82, 2.24) is 0 Å². The van der Waals surface area contributed by atoms with E-state index < -0.39 is 0 Å². The van der Waals surface area contributed by atoms with Gasteiger partial charge in [0, 0.05) is 0 Å². The fraction of sp³-hybridized carbons (Fsp3) is 0. The molecule has 0 fully saturated rings. The van der Waals surface area contributed by atoms with Gasteiger partial charge in [-0.3, -0.25) is 0 Å². The van der Waals surface area contributed by atoms with E-state index in [0.29, 0.717) is 0 Å². The van der Waals surface area contributed by atoms with Crippen LogP contribution in [-0.2, 0) is 17.4 Å². The quantitative estimate of drug-likeness (QED) is 0.335. The number of hydrogen-bond donors (Lipinski definition) is 0. The molecule has 7 heavy (non-hydrogen) atoms. The molecule has 0 bridgehead atoms. The molecule has 7 heteroatoms. The van der Waals surface area contributed by atoms with Gasteiger partial charge in [-0.1, -0.05) is 0 Å². The molecular weight excluding hydrogens is 154 g/mol. The maximum Gasteiger partial charge on any atom is 2.00 e. The van der Waals surface area contributed by atoms with Crippen molar-refractivity contribution < 1.29 is 48.7 Å². The third kappa shape index (κ3) is 2070. The first kappa shape index (κ1) is 5200. The second-order valence-corrected chi connectivity index (χ2v) is 0. The first-order chi connectivity index (χ1) is 0. The summed E-state index contributed by atoms with van der Waals surface area (Å²) in [6.45, 7) is 0. The SMILES string of the molecule is O.O.O.O.[Cr+2].[F-].[F-]. The third-order valence-corrected chi connectivity index (χ3v) is 0. The van der Waals surface area contributed by atoms with Crippen LogP contribution in [0, 0.1) is 0 Å². The molecule has 0 aliphatic heterocycles. The molecule has 52 valence electrons. The van der Waals surface area contributed by atoms with E-state index in [4.69, 9.17) is 0 Å². The van der Waals surface area contributed by atoms with Gasteiger partial charge in [0.25, 0.3) is 0 Å². The van der Waals surface area contributed by atoms with E-state index >= 15 is 0 Å². The van der Waals surface area contributed by atoms with Crippen molar-refractivity contribution in [3.63, 3.8) is 0 Å². The van der Waals surface area contributed by atoms with Crippen LogP contribution in [0.15, 0.2) is 0 Å². The Morgan fingerprint density at radius 3 is 0.429 bits per heavy atom. The fourth-order valence-electron chi connectivity index (χ4n) is 0. The average Bonchev–Trinajstić information content (AvgIpc) is 0. The summed E-state index contributed by atoms with van der Waals surface area (Å²) < 4.78 is 0. The average molecular weight is 162 g/mol. The van der Waals surface area contributed by atoms with E-state index in [-0.39, 0.29) is 48.7 Å². The Morgan fingerprint density at radius 2 is 0.429 bits per heavy atom. The van der Waals surface area contributed by atoms with Crippen LogP contribution in [0.4, 0.5) is 0 Å². The Bertz CT molecular complexity index is 9.65. The van der Waals surface area contributed by atoms with Crippen LogP contribution in [-0.4, -0.2) is 21.9 Å². The summed E-state index contributed by atoms with van der Waals surface area (Å²) >= 11 is 0. The zero-order valence-electron chi connectivity index (χ0n) is 3.16. The number of hydrogen-bond acceptors (Lipinski definition) is 0. The minimum absolute atomic E-state index is 0. The van der Waals surface area contributed by atoms with E-state index in [9.17, 15) is 0 Å². The van der Waals surface area contributed by atoms with Gasteiger partial charge < -0.3 is 31.3 Å². The zero-order chi connectivity index (χ0) is 0. The van der Waals surface area contributed by atoms with Crippen molar-refractivity contribution in [3.05, 3.63) is 0 Å². The van der Waals surface area contributed by atoms with Crippen molar-refractivity contribution in [3.8, 4) is 0 Å². The summed E-state index contributed by atoms with van der Waals surface area (Å²) in [5, 5.41) is 0. The number of rotatable bonds is 0. The second kappa shape index (κ2) is 3160. The molecule has 0 aliphatic rings. The van der Waals surface area contributed by atoms with Crippen LogP contribution in [0.5, 0.6) is 0 Å². The Hall–Kier alpha value is 0.232. The smallest absolute Gasteiger partial charge is 1.00 e. The van der Waals surface area contributed by atoms with Gasteiger partial charge in [-0.25, -0.2) is 0 Å². The molecular formula is H8CrF2O4. The summed E-state index contributed by atoms with van der Waals surface area (Å²) in [6.07, 6.45) is 0. The number of halogens is 2. The molecule has 0 rings (SSSR count). The predicted octanol–water partition coefficient (Wildman–Crippen LogP) is -9.29. The van der Waals surface area contributed by atoms with E-state index in [1.165, 1.54) is 0 Å². The molecule has 0 aromatic heterocycles. The van der Waals surface area contributed by atoms with Crippen molar-refractivity contribution in [2.24, 2.45) is 0 Å². The van der Waals surface area contributed by atoms with Crippen LogP contribution >= 0.6 is 0 Å². The summed E-state index contributed by atoms with van der Waals surface area (Å²) in [6, 6.07) is 0. The molecule has 0 aliphatic carbocycles. The van der Waals surface area contributed by atoms with Crippen molar-refractivity contribution in [2.75, 3.05) is 0 Å². The molecule has 4 nitrogen and oxygen atoms in total. The van der Waals surface area contributed by atoms with E-state index in [0.717, 1.165) is 0 Å². The molecule has 0 amide bonds. The Morgan fingerprint density at radius 1 is 0.429 bits per heavy atom. The molecule has 0 unspecified atom stereocenters. The molecule has 0 spiro atoms. The van der Waals surface area contributed by atoms with E-state index in [1.54, 1.807) is 0 Å². The minimum atomic E-state index is 0. The van der Waals surface area contributed by atoms with Crippen LogP contribution in [0.3, 0.4) is 0 Å². The van der Waals surface area contributed by atoms with Crippen molar-refractivity contribution >= 4 is 0 Å². The van der Waals surface area contributed by atoms with Crippen molar-refractivity contribution in [2.45, 2.75) is 0 Å². The van der Waals surface area contributed by atoms with Gasteiger partial charge in [0.2, 0.25) is 0 Å². The standard InChI is InChI=1S/Cr.2FH.4H2O/h;2*1H;4*1H2/q+2;;;;;;/p-2. The zero-order valence-corrected chi connectivity index (χ0v) is 4.44. The van der Waals surface area contributed by atoms with Gasteiger partial charge in [-0.15, -0.1) is 0 Å². The molecule has 0 aromatic carbocycles. The molecule has 0 saturated heterocycles. The third-order valence-electron chi connectivity index (χ3n) is 0. The minimum Gasteiger partial charge on any atom is -1.00 e. The topological polar surface area (TPSA) is 126 Å². The van der Waals surface area contributed by atoms with E-state index in [1.807, 2.05) is 0 Å². The van der Waals surface area contributed by atoms with Gasteiger partial charge >= 0.3 is 17.4 Å². The Kier molecular flexibility index (Phi) is 2340000. The molecule has 0 aromatic rings. The Balaban J connectivity index is 0. The monoisotopic (exact) mass is 162 g/mol. The van der Waals surface area contributed by atoms with Gasteiger partial charge in [-0.2, -0.15) is 0 Å². The summed E-state index contributed by atoms with van der Waals surface area (Å²) in [7, 11) is 0. The second-order valence-electron chi connectivity index (χ2n) is 0. The maximum atomic E-state index is 0. The van der Waals surface area contributed by atoms with Crippen LogP contribution < -0.4 is 9.41 Å². The molecule has 0 saturated carbocycles. The van der Waals surface area contributed by atoms with Crippen LogP contribution in [0.25, 0.3) is 0 Å². The molecule has 8 N–H and O–H groups in total. The van der Waals surface area contributed by atoms with Gasteiger partial charge in [0.15, 0.2) is 0 Å². The molecule has 0 radical (unpaired) electrons. The predicted molar refractivity (Wildman–Crippen MR) is 14.5 cm³/mol. The summed E-state index contributed by atoms with van der Waals surface area (Å²) in [5.74, 6) is 0. The molecule has 0 heterocycles. The fourth-order valence-corrected chi connectivity index (χ4v) is 0. The first-order valence-corrected chi connectivity index (χ1v) is 0. The van der Waals surface area contributed by atoms with Gasteiger partial charge in [0.1, 0.15) is 0 Å². The largest absolute Gasteiger partial charge is 2.00 e. The van der Waals surface area contributed by atoms with Crippen LogP contribution in [0.1, 0.15) is 0 Å². The van der Waals surface area contributed by atoms with Crippen LogP contribution in [0.2, 0.25) is 0 Å². The maximum absolute atomic E-state index is 0. The Labute approximate surface area is 49.6 Å². The van der Waals surface area contributed by atoms with E-state index in [2.05, 4.69) is 0 Å². The van der Waals surface area contributed by atoms with Gasteiger partial charge in [-0.05, 0) is 0 Å². The first-order valence-electron chi connectivity index (χ1n) is 0. The van der Waals surface area contributed by atoms with Gasteiger partial charge in [0.05, 0.1) is 0 Å².